The van der Waals surface area contributed by atoms with Crippen LogP contribution in [-0.2, 0) is 0 Å². The van der Waals surface area contributed by atoms with Crippen LogP contribution in [0, 0.1) is 0 Å². The Hall–Kier alpha value is -1.42. The predicted octanol–water partition coefficient (Wildman–Crippen LogP) is 5.12. The number of hydrogen-bond acceptors (Lipinski definition) is 3. The second kappa shape index (κ2) is 6.14. The van der Waals surface area contributed by atoms with Gasteiger partial charge in [0.15, 0.2) is 0 Å². The molecule has 0 spiro atoms. The molecule has 0 fully saturated rings. The summed E-state index contributed by atoms with van der Waals surface area (Å²) in [5, 5.41) is 5.06. The van der Waals surface area contributed by atoms with Crippen molar-refractivity contribution in [3.05, 3.63) is 64.9 Å². The Labute approximate surface area is 133 Å². The molecule has 2 aromatic carbocycles. The van der Waals surface area contributed by atoms with Crippen molar-refractivity contribution in [1.29, 1.82) is 0 Å². The zero-order chi connectivity index (χ0) is 14.8. The molecule has 0 amide bonds. The summed E-state index contributed by atoms with van der Waals surface area (Å²) in [6, 6.07) is 16.3. The predicted molar refractivity (Wildman–Crippen MR) is 90.3 cm³/mol. The lowest BCUT2D eigenvalue weighted by Gasteiger charge is -2.14. The Kier molecular flexibility index (Phi) is 4.24. The molecule has 1 aromatic heterocycles. The van der Waals surface area contributed by atoms with E-state index in [0.29, 0.717) is 0 Å². The molecule has 0 aliphatic carbocycles. The highest BCUT2D eigenvalue weighted by atomic mass is 35.5. The topological polar surface area (TPSA) is 25.2 Å². The minimum absolute atomic E-state index is 0.0343. The molecule has 1 N–H and O–H groups in total. The van der Waals surface area contributed by atoms with Gasteiger partial charge in [-0.1, -0.05) is 23.7 Å². The zero-order valence-corrected chi connectivity index (χ0v) is 13.5. The van der Waals surface area contributed by atoms with Crippen LogP contribution in [0.1, 0.15) is 17.4 Å². The summed E-state index contributed by atoms with van der Waals surface area (Å²) in [5.41, 5.74) is 2.04. The summed E-state index contributed by atoms with van der Waals surface area (Å²) in [6.07, 6.45) is 2.08. The lowest BCUT2D eigenvalue weighted by atomic mass is 10.0. The summed E-state index contributed by atoms with van der Waals surface area (Å²) in [5.74, 6) is 0.895. The standard InChI is InChI=1S/C17H16ClNOS/c1-19-17(11-3-6-14(21-2)7-4-11)16-10-12-9-13(18)5-8-15(12)20-16/h3-10,17,19H,1-2H3. The summed E-state index contributed by atoms with van der Waals surface area (Å²) >= 11 is 7.77. The molecular formula is C17H16ClNOS. The fraction of sp³-hybridized carbons (Fsp3) is 0.176. The fourth-order valence-electron chi connectivity index (χ4n) is 2.45. The van der Waals surface area contributed by atoms with Crippen LogP contribution in [0.4, 0.5) is 0 Å². The van der Waals surface area contributed by atoms with Crippen LogP contribution in [0.3, 0.4) is 0 Å². The summed E-state index contributed by atoms with van der Waals surface area (Å²) < 4.78 is 5.96. The van der Waals surface area contributed by atoms with Gasteiger partial charge < -0.3 is 9.73 Å². The van der Waals surface area contributed by atoms with Crippen LogP contribution in [0.5, 0.6) is 0 Å². The van der Waals surface area contributed by atoms with Crippen molar-refractivity contribution in [2.24, 2.45) is 0 Å². The van der Waals surface area contributed by atoms with Crippen LogP contribution in [-0.4, -0.2) is 13.3 Å². The third kappa shape index (κ3) is 2.95. The Balaban J connectivity index is 2.00. The lowest BCUT2D eigenvalue weighted by molar-refractivity contribution is 0.491. The van der Waals surface area contributed by atoms with Gasteiger partial charge in [0.25, 0.3) is 0 Å². The maximum absolute atomic E-state index is 6.03. The van der Waals surface area contributed by atoms with Gasteiger partial charge in [-0.2, -0.15) is 0 Å². The van der Waals surface area contributed by atoms with Crippen molar-refractivity contribution in [3.8, 4) is 0 Å². The first-order valence-electron chi connectivity index (χ1n) is 6.71. The summed E-state index contributed by atoms with van der Waals surface area (Å²) in [6.45, 7) is 0. The second-order valence-electron chi connectivity index (χ2n) is 4.83. The summed E-state index contributed by atoms with van der Waals surface area (Å²) in [4.78, 5) is 1.25. The van der Waals surface area contributed by atoms with Crippen LogP contribution in [0.2, 0.25) is 5.02 Å². The second-order valence-corrected chi connectivity index (χ2v) is 6.14. The minimum Gasteiger partial charge on any atom is -0.459 e. The molecule has 4 heteroatoms. The van der Waals surface area contributed by atoms with E-state index in [9.17, 15) is 0 Å². The smallest absolute Gasteiger partial charge is 0.134 e. The Bertz CT molecular complexity index is 751. The molecule has 1 heterocycles. The Morgan fingerprint density at radius 1 is 1.10 bits per heavy atom. The normalized spacial score (nSPS) is 12.7. The minimum atomic E-state index is 0.0343. The molecule has 3 rings (SSSR count). The average Bonchev–Trinajstić information content (AvgIpc) is 2.91. The van der Waals surface area contributed by atoms with Gasteiger partial charge in [0, 0.05) is 15.3 Å². The van der Waals surface area contributed by atoms with Crippen LogP contribution in [0.15, 0.2) is 57.8 Å². The lowest BCUT2D eigenvalue weighted by Crippen LogP contribution is -2.16. The highest BCUT2D eigenvalue weighted by Crippen LogP contribution is 2.30. The van der Waals surface area contributed by atoms with Crippen molar-refractivity contribution in [2.45, 2.75) is 10.9 Å². The average molecular weight is 318 g/mol. The number of furan rings is 1. The number of halogens is 1. The van der Waals surface area contributed by atoms with Gasteiger partial charge in [0.05, 0.1) is 6.04 Å². The van der Waals surface area contributed by atoms with Crippen molar-refractivity contribution >= 4 is 34.3 Å². The van der Waals surface area contributed by atoms with Crippen LogP contribution < -0.4 is 5.32 Å². The monoisotopic (exact) mass is 317 g/mol. The maximum atomic E-state index is 6.03. The van der Waals surface area contributed by atoms with Gasteiger partial charge in [-0.3, -0.25) is 0 Å². The molecule has 0 aliphatic heterocycles. The van der Waals surface area contributed by atoms with E-state index in [2.05, 4.69) is 35.8 Å². The van der Waals surface area contributed by atoms with E-state index in [1.807, 2.05) is 31.3 Å². The highest BCUT2D eigenvalue weighted by molar-refractivity contribution is 7.98. The molecule has 0 saturated carbocycles. The first kappa shape index (κ1) is 14.5. The molecule has 0 radical (unpaired) electrons. The molecule has 21 heavy (non-hydrogen) atoms. The van der Waals surface area contributed by atoms with Crippen molar-refractivity contribution in [1.82, 2.24) is 5.32 Å². The molecule has 2 nitrogen and oxygen atoms in total. The number of thioether (sulfide) groups is 1. The van der Waals surface area contributed by atoms with Crippen molar-refractivity contribution in [3.63, 3.8) is 0 Å². The van der Waals surface area contributed by atoms with Gasteiger partial charge in [0.2, 0.25) is 0 Å². The largest absolute Gasteiger partial charge is 0.459 e. The maximum Gasteiger partial charge on any atom is 0.134 e. The summed E-state index contributed by atoms with van der Waals surface area (Å²) in [7, 11) is 1.94. The zero-order valence-electron chi connectivity index (χ0n) is 11.9. The Morgan fingerprint density at radius 2 is 1.86 bits per heavy atom. The van der Waals surface area contributed by atoms with Gasteiger partial charge >= 0.3 is 0 Å². The van der Waals surface area contributed by atoms with Gasteiger partial charge in [-0.15, -0.1) is 11.8 Å². The van der Waals surface area contributed by atoms with E-state index < -0.39 is 0 Å². The van der Waals surface area contributed by atoms with E-state index in [-0.39, 0.29) is 6.04 Å². The molecule has 1 unspecified atom stereocenters. The number of rotatable bonds is 4. The SMILES string of the molecule is CNC(c1ccc(SC)cc1)c1cc2cc(Cl)ccc2o1. The van der Waals surface area contributed by atoms with E-state index in [1.165, 1.54) is 10.5 Å². The number of nitrogens with one attached hydrogen (secondary N) is 1. The first-order chi connectivity index (χ1) is 10.2. The fourth-order valence-corrected chi connectivity index (χ4v) is 3.04. The van der Waals surface area contributed by atoms with Crippen LogP contribution >= 0.6 is 23.4 Å². The van der Waals surface area contributed by atoms with E-state index >= 15 is 0 Å². The molecular weight excluding hydrogens is 302 g/mol. The molecule has 0 saturated heterocycles. The number of hydrogen-bond donors (Lipinski definition) is 1. The molecule has 0 bridgehead atoms. The van der Waals surface area contributed by atoms with Crippen molar-refractivity contribution in [2.75, 3.05) is 13.3 Å². The van der Waals surface area contributed by atoms with Crippen molar-refractivity contribution < 1.29 is 4.42 Å². The molecule has 1 atom stereocenters. The molecule has 3 aromatic rings. The molecule has 108 valence electrons. The van der Waals surface area contributed by atoms with Gasteiger partial charge in [-0.25, -0.2) is 0 Å². The third-order valence-corrected chi connectivity index (χ3v) is 4.50. The third-order valence-electron chi connectivity index (χ3n) is 3.52. The quantitative estimate of drug-likeness (QED) is 0.676. The van der Waals surface area contributed by atoms with Gasteiger partial charge in [-0.05, 0) is 55.3 Å². The Morgan fingerprint density at radius 3 is 2.52 bits per heavy atom. The first-order valence-corrected chi connectivity index (χ1v) is 8.32. The van der Waals surface area contributed by atoms with E-state index in [0.717, 1.165) is 21.8 Å². The number of fused-ring (bicyclic) bond motifs is 1. The van der Waals surface area contributed by atoms with E-state index in [4.69, 9.17) is 16.0 Å². The van der Waals surface area contributed by atoms with Gasteiger partial charge in [0.1, 0.15) is 11.3 Å². The van der Waals surface area contributed by atoms with Crippen LogP contribution in [0.25, 0.3) is 11.0 Å². The highest BCUT2D eigenvalue weighted by Gasteiger charge is 2.16. The molecule has 0 aliphatic rings. The van der Waals surface area contributed by atoms with E-state index in [1.54, 1.807) is 11.8 Å². The number of benzene rings is 2.